The summed E-state index contributed by atoms with van der Waals surface area (Å²) >= 11 is 0. The summed E-state index contributed by atoms with van der Waals surface area (Å²) in [6.45, 7) is 7.14. The Labute approximate surface area is 155 Å². The van der Waals surface area contributed by atoms with Gasteiger partial charge in [-0.05, 0) is 6.42 Å². The Bertz CT molecular complexity index is 606. The second kappa shape index (κ2) is 9.45. The van der Waals surface area contributed by atoms with E-state index in [0.29, 0.717) is 31.4 Å². The quantitative estimate of drug-likeness (QED) is 0.292. The van der Waals surface area contributed by atoms with Gasteiger partial charge in [-0.2, -0.15) is 0 Å². The molecule has 0 radical (unpaired) electrons. The van der Waals surface area contributed by atoms with Crippen LogP contribution in [0.5, 0.6) is 0 Å². The van der Waals surface area contributed by atoms with Crippen molar-refractivity contribution in [3.05, 3.63) is 17.8 Å². The van der Waals surface area contributed by atoms with Gasteiger partial charge in [0.1, 0.15) is 15.6 Å². The first-order chi connectivity index (χ1) is 10.1. The van der Waals surface area contributed by atoms with Crippen LogP contribution in [0.4, 0.5) is 0 Å². The van der Waals surface area contributed by atoms with Crippen LogP contribution >= 0.6 is 24.0 Å². The molecule has 0 aliphatic heterocycles. The smallest absolute Gasteiger partial charge is 0.213 e. The number of sulfone groups is 1. The summed E-state index contributed by atoms with van der Waals surface area (Å²) in [5.41, 5.74) is -0.0726. The Balaban J connectivity index is 0.00000484. The molecule has 0 aromatic carbocycles. The fourth-order valence-corrected chi connectivity index (χ4v) is 2.33. The zero-order chi connectivity index (χ0) is 16.8. The van der Waals surface area contributed by atoms with Crippen molar-refractivity contribution in [3.63, 3.8) is 0 Å². The summed E-state index contributed by atoms with van der Waals surface area (Å²) in [5.74, 6) is 2.17. The summed E-state index contributed by atoms with van der Waals surface area (Å²) in [7, 11) is -1.27. The van der Waals surface area contributed by atoms with E-state index in [0.717, 1.165) is 5.76 Å². The van der Waals surface area contributed by atoms with Gasteiger partial charge in [-0.25, -0.2) is 13.4 Å². The first-order valence-corrected chi connectivity index (χ1v) is 9.25. The van der Waals surface area contributed by atoms with Crippen LogP contribution in [0.1, 0.15) is 38.8 Å². The van der Waals surface area contributed by atoms with Crippen LogP contribution in [0.3, 0.4) is 0 Å². The third kappa shape index (κ3) is 9.14. The molecule has 1 aromatic rings. The predicted molar refractivity (Wildman–Crippen MR) is 103 cm³/mol. The first-order valence-electron chi connectivity index (χ1n) is 7.19. The molecule has 1 aromatic heterocycles. The van der Waals surface area contributed by atoms with Gasteiger partial charge < -0.3 is 15.1 Å². The molecule has 0 atom stereocenters. The van der Waals surface area contributed by atoms with Crippen molar-refractivity contribution in [1.82, 2.24) is 15.6 Å². The summed E-state index contributed by atoms with van der Waals surface area (Å²) in [6, 6.07) is 0. The molecule has 0 aliphatic carbocycles. The minimum Gasteiger partial charge on any atom is -0.443 e. The van der Waals surface area contributed by atoms with Crippen LogP contribution in [-0.4, -0.2) is 45.0 Å². The maximum Gasteiger partial charge on any atom is 0.213 e. The minimum atomic E-state index is -2.92. The molecule has 23 heavy (non-hydrogen) atoms. The lowest BCUT2D eigenvalue weighted by atomic mass is 9.94. The number of aliphatic imine (C=N–C) groups is 1. The second-order valence-corrected chi connectivity index (χ2v) is 8.46. The van der Waals surface area contributed by atoms with Crippen molar-refractivity contribution in [3.8, 4) is 0 Å². The van der Waals surface area contributed by atoms with Crippen molar-refractivity contribution in [2.24, 2.45) is 4.99 Å². The van der Waals surface area contributed by atoms with Gasteiger partial charge in [-0.15, -0.1) is 24.0 Å². The Hall–Kier alpha value is -0.840. The van der Waals surface area contributed by atoms with Crippen LogP contribution < -0.4 is 10.6 Å². The first kappa shape index (κ1) is 22.2. The molecule has 0 saturated heterocycles. The van der Waals surface area contributed by atoms with Crippen LogP contribution in [-0.2, 0) is 21.8 Å². The van der Waals surface area contributed by atoms with E-state index < -0.39 is 9.84 Å². The lowest BCUT2D eigenvalue weighted by molar-refractivity contribution is 0.379. The van der Waals surface area contributed by atoms with E-state index in [4.69, 9.17) is 4.42 Å². The van der Waals surface area contributed by atoms with Crippen molar-refractivity contribution < 1.29 is 12.8 Å². The van der Waals surface area contributed by atoms with E-state index in [2.05, 4.69) is 41.4 Å². The number of rotatable bonds is 6. The monoisotopic (exact) mass is 458 g/mol. The van der Waals surface area contributed by atoms with Crippen LogP contribution in [0.15, 0.2) is 15.6 Å². The van der Waals surface area contributed by atoms with Crippen molar-refractivity contribution >= 4 is 39.8 Å². The molecule has 0 unspecified atom stereocenters. The van der Waals surface area contributed by atoms with Gasteiger partial charge in [-0.1, -0.05) is 20.8 Å². The Morgan fingerprint density at radius 3 is 2.48 bits per heavy atom. The van der Waals surface area contributed by atoms with E-state index in [-0.39, 0.29) is 35.1 Å². The largest absolute Gasteiger partial charge is 0.443 e. The van der Waals surface area contributed by atoms with Gasteiger partial charge in [-0.3, -0.25) is 4.99 Å². The number of guanidine groups is 1. The average molecular weight is 458 g/mol. The van der Waals surface area contributed by atoms with Gasteiger partial charge in [0, 0.05) is 25.3 Å². The highest BCUT2D eigenvalue weighted by Gasteiger charge is 2.19. The summed E-state index contributed by atoms with van der Waals surface area (Å²) in [6.07, 6.45) is 3.50. The van der Waals surface area contributed by atoms with Gasteiger partial charge >= 0.3 is 0 Å². The fourth-order valence-electron chi connectivity index (χ4n) is 1.66. The highest BCUT2D eigenvalue weighted by atomic mass is 127. The Kier molecular flexibility index (Phi) is 9.11. The predicted octanol–water partition coefficient (Wildman–Crippen LogP) is 1.69. The van der Waals surface area contributed by atoms with Crippen molar-refractivity contribution in [1.29, 1.82) is 0 Å². The van der Waals surface area contributed by atoms with Gasteiger partial charge in [0.15, 0.2) is 5.96 Å². The van der Waals surface area contributed by atoms with Crippen LogP contribution in [0.25, 0.3) is 0 Å². The van der Waals surface area contributed by atoms with Gasteiger partial charge in [0.25, 0.3) is 0 Å². The molecule has 0 saturated carbocycles. The van der Waals surface area contributed by atoms with Gasteiger partial charge in [0.2, 0.25) is 5.89 Å². The molecule has 9 heteroatoms. The van der Waals surface area contributed by atoms with Gasteiger partial charge in [0.05, 0.1) is 18.5 Å². The zero-order valence-electron chi connectivity index (χ0n) is 14.3. The number of nitrogens with one attached hydrogen (secondary N) is 2. The molecule has 1 heterocycles. The van der Waals surface area contributed by atoms with E-state index >= 15 is 0 Å². The van der Waals surface area contributed by atoms with Crippen molar-refractivity contribution in [2.45, 2.75) is 39.2 Å². The topological polar surface area (TPSA) is 96.6 Å². The molecule has 0 spiro atoms. The Morgan fingerprint density at radius 2 is 2.00 bits per heavy atom. The molecule has 7 nitrogen and oxygen atoms in total. The maximum absolute atomic E-state index is 11.0. The number of hydrogen-bond acceptors (Lipinski definition) is 5. The zero-order valence-corrected chi connectivity index (χ0v) is 17.5. The molecule has 0 bridgehead atoms. The SMILES string of the molecule is CN=C(NCCCS(C)(=O)=O)NCc1ncc(C(C)(C)C)o1.I. The fraction of sp³-hybridized carbons (Fsp3) is 0.714. The highest BCUT2D eigenvalue weighted by molar-refractivity contribution is 14.0. The number of halogens is 1. The molecule has 1 rings (SSSR count). The highest BCUT2D eigenvalue weighted by Crippen LogP contribution is 2.22. The number of hydrogen-bond donors (Lipinski definition) is 2. The molecule has 0 aliphatic rings. The van der Waals surface area contributed by atoms with Crippen molar-refractivity contribution in [2.75, 3.05) is 25.6 Å². The molecular weight excluding hydrogens is 431 g/mol. The minimum absolute atomic E-state index is 0. The maximum atomic E-state index is 11.0. The van der Waals surface area contributed by atoms with E-state index in [1.807, 2.05) is 0 Å². The van der Waals surface area contributed by atoms with E-state index in [1.165, 1.54) is 6.26 Å². The summed E-state index contributed by atoms with van der Waals surface area (Å²) < 4.78 is 27.8. The third-order valence-electron chi connectivity index (χ3n) is 2.91. The third-order valence-corrected chi connectivity index (χ3v) is 3.94. The molecule has 0 fully saturated rings. The second-order valence-electron chi connectivity index (χ2n) is 6.20. The van der Waals surface area contributed by atoms with Crippen LogP contribution in [0, 0.1) is 0 Å². The standard InChI is InChI=1S/C14H26N4O3S.HI/c1-14(2,3)11-9-17-12(21-11)10-18-13(15-4)16-7-6-8-22(5,19)20;/h9H,6-8,10H2,1-5H3,(H2,15,16,18);1H. The lowest BCUT2D eigenvalue weighted by Gasteiger charge is -2.13. The number of oxazole rings is 1. The molecule has 2 N–H and O–H groups in total. The Morgan fingerprint density at radius 1 is 1.35 bits per heavy atom. The average Bonchev–Trinajstić information content (AvgIpc) is 2.85. The van der Waals surface area contributed by atoms with E-state index in [1.54, 1.807) is 13.2 Å². The van der Waals surface area contributed by atoms with E-state index in [9.17, 15) is 8.42 Å². The van der Waals surface area contributed by atoms with Crippen LogP contribution in [0.2, 0.25) is 0 Å². The summed E-state index contributed by atoms with van der Waals surface area (Å²) in [5, 5.41) is 6.14. The molecular formula is C14H27IN4O3S. The number of aromatic nitrogens is 1. The summed E-state index contributed by atoms with van der Waals surface area (Å²) in [4.78, 5) is 8.29. The molecule has 134 valence electrons. The number of nitrogens with zero attached hydrogens (tertiary/aromatic N) is 2. The normalized spacial score (nSPS) is 12.7. The molecule has 0 amide bonds. The lowest BCUT2D eigenvalue weighted by Crippen LogP contribution is -2.37.